The van der Waals surface area contributed by atoms with Crippen LogP contribution in [0.3, 0.4) is 0 Å². The molecule has 2 saturated carbocycles. The van der Waals surface area contributed by atoms with Crippen molar-refractivity contribution in [2.24, 2.45) is 23.7 Å². The van der Waals surface area contributed by atoms with E-state index in [4.69, 9.17) is 11.6 Å². The molecule has 2 aliphatic carbocycles. The lowest BCUT2D eigenvalue weighted by molar-refractivity contribution is -0.147. The molecule has 1 N–H and O–H groups in total. The first-order valence-corrected chi connectivity index (χ1v) is 11.3. The summed E-state index contributed by atoms with van der Waals surface area (Å²) in [5.74, 6) is -0.611. The van der Waals surface area contributed by atoms with Crippen LogP contribution < -0.4 is 5.32 Å². The zero-order chi connectivity index (χ0) is 21.7. The SMILES string of the molecule is Cc1c(Cl)cccc1NC(=O)[C@H](Cc1ccccc1)N1C(=O)[C@@H]2[C@H]3CC[C@@H](C3)[C@H]2C1=O. The lowest BCUT2D eigenvalue weighted by Crippen LogP contribution is -2.49. The van der Waals surface area contributed by atoms with E-state index in [1.165, 1.54) is 4.90 Å². The molecule has 5 atom stereocenters. The Kier molecular flexibility index (Phi) is 5.09. The van der Waals surface area contributed by atoms with Crippen LogP contribution in [0.5, 0.6) is 0 Å². The number of hydrogen-bond acceptors (Lipinski definition) is 3. The first-order chi connectivity index (χ1) is 15.0. The van der Waals surface area contributed by atoms with Crippen molar-refractivity contribution in [3.8, 4) is 0 Å². The van der Waals surface area contributed by atoms with Gasteiger partial charge in [0.1, 0.15) is 6.04 Å². The Morgan fingerprint density at radius 3 is 2.32 bits per heavy atom. The van der Waals surface area contributed by atoms with Crippen molar-refractivity contribution >= 4 is 35.0 Å². The predicted molar refractivity (Wildman–Crippen MR) is 118 cm³/mol. The molecule has 5 nitrogen and oxygen atoms in total. The molecule has 6 heteroatoms. The highest BCUT2D eigenvalue weighted by atomic mass is 35.5. The zero-order valence-corrected chi connectivity index (χ0v) is 18.1. The number of fused-ring (bicyclic) bond motifs is 5. The lowest BCUT2D eigenvalue weighted by Gasteiger charge is -2.27. The summed E-state index contributed by atoms with van der Waals surface area (Å²) >= 11 is 6.21. The molecule has 0 radical (unpaired) electrons. The minimum atomic E-state index is -0.884. The first-order valence-electron chi connectivity index (χ1n) is 10.9. The first kappa shape index (κ1) is 20.3. The van der Waals surface area contributed by atoms with E-state index in [9.17, 15) is 14.4 Å². The molecule has 0 unspecified atom stereocenters. The molecule has 3 amide bonds. The fraction of sp³-hybridized carbons (Fsp3) is 0.400. The van der Waals surface area contributed by atoms with Gasteiger partial charge in [0.05, 0.1) is 11.8 Å². The van der Waals surface area contributed by atoms with Crippen LogP contribution in [-0.2, 0) is 20.8 Å². The molecular weight excluding hydrogens is 412 g/mol. The fourth-order valence-electron chi connectivity index (χ4n) is 5.84. The summed E-state index contributed by atoms with van der Waals surface area (Å²) in [5.41, 5.74) is 2.26. The Labute approximate surface area is 186 Å². The topological polar surface area (TPSA) is 66.5 Å². The van der Waals surface area contributed by atoms with Crippen molar-refractivity contribution in [1.82, 2.24) is 4.90 Å². The maximum atomic E-state index is 13.5. The highest BCUT2D eigenvalue weighted by Gasteiger charge is 2.62. The van der Waals surface area contributed by atoms with Crippen LogP contribution in [0.2, 0.25) is 5.02 Å². The van der Waals surface area contributed by atoms with Gasteiger partial charge in [0.25, 0.3) is 0 Å². The maximum Gasteiger partial charge on any atom is 0.248 e. The molecule has 3 aliphatic rings. The summed E-state index contributed by atoms with van der Waals surface area (Å²) in [6, 6.07) is 14.0. The van der Waals surface area contributed by atoms with E-state index in [1.54, 1.807) is 18.2 Å². The second-order valence-electron chi connectivity index (χ2n) is 9.04. The van der Waals surface area contributed by atoms with Gasteiger partial charge in [-0.25, -0.2) is 0 Å². The average Bonchev–Trinajstić information content (AvgIpc) is 3.45. The van der Waals surface area contributed by atoms with Gasteiger partial charge < -0.3 is 5.32 Å². The predicted octanol–water partition coefficient (Wildman–Crippen LogP) is 4.23. The van der Waals surface area contributed by atoms with Crippen LogP contribution in [0.4, 0.5) is 5.69 Å². The summed E-state index contributed by atoms with van der Waals surface area (Å²) in [6.07, 6.45) is 3.28. The van der Waals surface area contributed by atoms with Crippen molar-refractivity contribution < 1.29 is 14.4 Å². The molecule has 160 valence electrons. The highest BCUT2D eigenvalue weighted by Crippen LogP contribution is 2.56. The number of nitrogens with one attached hydrogen (secondary N) is 1. The number of carbonyl (C=O) groups excluding carboxylic acids is 3. The molecular formula is C25H25ClN2O3. The van der Waals surface area contributed by atoms with Gasteiger partial charge in [0.2, 0.25) is 17.7 Å². The number of halogens is 1. The Balaban J connectivity index is 1.47. The Bertz CT molecular complexity index is 1030. The van der Waals surface area contributed by atoms with Gasteiger partial charge in [-0.15, -0.1) is 0 Å². The molecule has 1 saturated heterocycles. The number of amides is 3. The standard InChI is InChI=1S/C25H25ClN2O3/c1-14-18(26)8-5-9-19(14)27-23(29)20(12-15-6-3-2-4-7-15)28-24(30)21-16-10-11-17(13-16)22(21)25(28)31/h2-9,16-17,20-22H,10-13H2,1H3,(H,27,29)/t16-,17-,20-,21+,22+/m0/s1. The molecule has 3 fully saturated rings. The van der Waals surface area contributed by atoms with Crippen LogP contribution in [0.15, 0.2) is 48.5 Å². The van der Waals surface area contributed by atoms with Gasteiger partial charge in [0, 0.05) is 17.1 Å². The molecule has 5 rings (SSSR count). The third-order valence-electron chi connectivity index (χ3n) is 7.37. The van der Waals surface area contributed by atoms with Gasteiger partial charge in [-0.2, -0.15) is 0 Å². The molecule has 1 aliphatic heterocycles. The number of carbonyl (C=O) groups is 3. The van der Waals surface area contributed by atoms with E-state index in [0.29, 0.717) is 17.1 Å². The minimum Gasteiger partial charge on any atom is -0.324 e. The molecule has 0 aromatic heterocycles. The number of anilines is 1. The summed E-state index contributed by atoms with van der Waals surface area (Å²) in [7, 11) is 0. The van der Waals surface area contributed by atoms with Crippen molar-refractivity contribution in [3.63, 3.8) is 0 Å². The number of imide groups is 1. The average molecular weight is 437 g/mol. The van der Waals surface area contributed by atoms with Crippen LogP contribution >= 0.6 is 11.6 Å². The second-order valence-corrected chi connectivity index (χ2v) is 9.45. The molecule has 1 heterocycles. The second kappa shape index (κ2) is 7.79. The highest BCUT2D eigenvalue weighted by molar-refractivity contribution is 6.31. The monoisotopic (exact) mass is 436 g/mol. The molecule has 2 bridgehead atoms. The van der Waals surface area contributed by atoms with E-state index in [-0.39, 0.29) is 41.4 Å². The van der Waals surface area contributed by atoms with E-state index >= 15 is 0 Å². The number of likely N-dealkylation sites (tertiary alicyclic amines) is 1. The minimum absolute atomic E-state index is 0.166. The Hall–Kier alpha value is -2.66. The van der Waals surface area contributed by atoms with Crippen LogP contribution in [-0.4, -0.2) is 28.7 Å². The van der Waals surface area contributed by atoms with E-state index in [2.05, 4.69) is 5.32 Å². The smallest absolute Gasteiger partial charge is 0.248 e. The van der Waals surface area contributed by atoms with Crippen molar-refractivity contribution in [2.75, 3.05) is 5.32 Å². The number of nitrogens with zero attached hydrogens (tertiary/aromatic N) is 1. The van der Waals surface area contributed by atoms with Gasteiger partial charge in [-0.3, -0.25) is 19.3 Å². The number of benzene rings is 2. The van der Waals surface area contributed by atoms with E-state index in [1.807, 2.05) is 37.3 Å². The van der Waals surface area contributed by atoms with Crippen molar-refractivity contribution in [1.29, 1.82) is 0 Å². The lowest BCUT2D eigenvalue weighted by atomic mass is 9.81. The Morgan fingerprint density at radius 2 is 1.68 bits per heavy atom. The largest absolute Gasteiger partial charge is 0.324 e. The van der Waals surface area contributed by atoms with Gasteiger partial charge >= 0.3 is 0 Å². The summed E-state index contributed by atoms with van der Waals surface area (Å²) in [6.45, 7) is 1.83. The van der Waals surface area contributed by atoms with Crippen molar-refractivity contribution in [3.05, 3.63) is 64.7 Å². The Morgan fingerprint density at radius 1 is 1.03 bits per heavy atom. The van der Waals surface area contributed by atoms with Crippen LogP contribution in [0.25, 0.3) is 0 Å². The van der Waals surface area contributed by atoms with Crippen LogP contribution in [0, 0.1) is 30.6 Å². The zero-order valence-electron chi connectivity index (χ0n) is 17.4. The van der Waals surface area contributed by atoms with Gasteiger partial charge in [-0.05, 0) is 61.3 Å². The fourth-order valence-corrected chi connectivity index (χ4v) is 6.01. The molecule has 2 aromatic rings. The van der Waals surface area contributed by atoms with Crippen LogP contribution in [0.1, 0.15) is 30.4 Å². The van der Waals surface area contributed by atoms with Gasteiger partial charge in [0.15, 0.2) is 0 Å². The maximum absolute atomic E-state index is 13.5. The quantitative estimate of drug-likeness (QED) is 0.713. The molecule has 2 aromatic carbocycles. The molecule has 0 spiro atoms. The normalized spacial score (nSPS) is 27.5. The van der Waals surface area contributed by atoms with E-state index in [0.717, 1.165) is 30.4 Å². The third kappa shape index (κ3) is 3.35. The third-order valence-corrected chi connectivity index (χ3v) is 7.78. The van der Waals surface area contributed by atoms with E-state index < -0.39 is 6.04 Å². The summed E-state index contributed by atoms with van der Waals surface area (Å²) < 4.78 is 0. The number of rotatable bonds is 5. The number of hydrogen-bond donors (Lipinski definition) is 1. The summed E-state index contributed by atoms with van der Waals surface area (Å²) in [4.78, 5) is 41.5. The van der Waals surface area contributed by atoms with Crippen molar-refractivity contribution in [2.45, 2.75) is 38.6 Å². The molecule has 31 heavy (non-hydrogen) atoms. The summed E-state index contributed by atoms with van der Waals surface area (Å²) in [5, 5.41) is 3.48. The van der Waals surface area contributed by atoms with Gasteiger partial charge in [-0.1, -0.05) is 48.0 Å².